The van der Waals surface area contributed by atoms with Gasteiger partial charge in [-0.25, -0.2) is 9.07 Å². The van der Waals surface area contributed by atoms with E-state index in [1.54, 1.807) is 6.26 Å². The van der Waals surface area contributed by atoms with E-state index in [1.165, 1.54) is 17.7 Å². The number of nitrogens with zero attached hydrogens (tertiary/aromatic N) is 6. The lowest BCUT2D eigenvalue weighted by molar-refractivity contribution is 0.201. The van der Waals surface area contributed by atoms with Gasteiger partial charge in [0.15, 0.2) is 5.82 Å². The van der Waals surface area contributed by atoms with E-state index in [9.17, 15) is 4.39 Å². The van der Waals surface area contributed by atoms with Crippen molar-refractivity contribution < 1.29 is 8.81 Å². The van der Waals surface area contributed by atoms with Crippen molar-refractivity contribution in [2.75, 3.05) is 31.1 Å². The summed E-state index contributed by atoms with van der Waals surface area (Å²) in [5.41, 5.74) is 3.41. The van der Waals surface area contributed by atoms with E-state index in [2.05, 4.69) is 56.5 Å². The Kier molecular flexibility index (Phi) is 5.68. The van der Waals surface area contributed by atoms with Crippen molar-refractivity contribution in [3.8, 4) is 0 Å². The van der Waals surface area contributed by atoms with Gasteiger partial charge in [0.25, 0.3) is 0 Å². The molecular weight excluding hydrogens is 407 g/mol. The van der Waals surface area contributed by atoms with Gasteiger partial charge in [0.2, 0.25) is 0 Å². The van der Waals surface area contributed by atoms with E-state index < -0.39 is 0 Å². The van der Waals surface area contributed by atoms with Crippen molar-refractivity contribution in [1.29, 1.82) is 0 Å². The lowest BCUT2D eigenvalue weighted by atomic mass is 10.0. The molecule has 164 valence electrons. The van der Waals surface area contributed by atoms with Crippen LogP contribution in [0.1, 0.15) is 28.8 Å². The summed E-state index contributed by atoms with van der Waals surface area (Å²) in [7, 11) is 0. The molecule has 8 heteroatoms. The highest BCUT2D eigenvalue weighted by Gasteiger charge is 2.31. The Balaban J connectivity index is 1.41. The highest BCUT2D eigenvalue weighted by molar-refractivity contribution is 5.46. The monoisotopic (exact) mass is 432 g/mol. The number of aryl methyl sites for hydroxylation is 1. The minimum atomic E-state index is -0.213. The average molecular weight is 433 g/mol. The van der Waals surface area contributed by atoms with Crippen LogP contribution in [-0.4, -0.2) is 51.3 Å². The first-order valence-corrected chi connectivity index (χ1v) is 10.8. The number of furan rings is 1. The fourth-order valence-electron chi connectivity index (χ4n) is 4.23. The van der Waals surface area contributed by atoms with Crippen LogP contribution in [0.2, 0.25) is 0 Å². The van der Waals surface area contributed by atoms with Gasteiger partial charge in [-0.15, -0.1) is 5.10 Å². The van der Waals surface area contributed by atoms with Crippen LogP contribution >= 0.6 is 0 Å². The van der Waals surface area contributed by atoms with Crippen LogP contribution in [0.4, 0.5) is 10.1 Å². The SMILES string of the molecule is Cc1ccc([C@@H](c2nnnn2Cc2ccco2)N2CCN(c3ccc(F)cc3)CC2)cc1. The van der Waals surface area contributed by atoms with Gasteiger partial charge in [-0.1, -0.05) is 29.8 Å². The second-order valence-electron chi connectivity index (χ2n) is 8.09. The smallest absolute Gasteiger partial charge is 0.173 e. The van der Waals surface area contributed by atoms with Crippen LogP contribution in [-0.2, 0) is 6.54 Å². The molecule has 2 aromatic carbocycles. The Morgan fingerprint density at radius 3 is 2.41 bits per heavy atom. The topological polar surface area (TPSA) is 63.2 Å². The average Bonchev–Trinajstić information content (AvgIpc) is 3.49. The van der Waals surface area contributed by atoms with Crippen molar-refractivity contribution in [3.05, 3.63) is 95.5 Å². The Morgan fingerprint density at radius 2 is 1.72 bits per heavy atom. The molecule has 1 saturated heterocycles. The molecule has 1 atom stereocenters. The molecule has 0 unspecified atom stereocenters. The van der Waals surface area contributed by atoms with Crippen LogP contribution < -0.4 is 4.90 Å². The van der Waals surface area contributed by atoms with Crippen molar-refractivity contribution >= 4 is 5.69 Å². The maximum absolute atomic E-state index is 13.3. The molecule has 0 saturated carbocycles. The molecule has 1 aliphatic rings. The normalized spacial score (nSPS) is 15.8. The van der Waals surface area contributed by atoms with Crippen molar-refractivity contribution in [2.45, 2.75) is 19.5 Å². The molecule has 32 heavy (non-hydrogen) atoms. The van der Waals surface area contributed by atoms with Crippen molar-refractivity contribution in [2.24, 2.45) is 0 Å². The first kappa shape index (κ1) is 20.4. The summed E-state index contributed by atoms with van der Waals surface area (Å²) in [6, 6.07) is 19.0. The molecule has 1 aliphatic heterocycles. The van der Waals surface area contributed by atoms with Gasteiger partial charge in [-0.2, -0.15) is 0 Å². The molecule has 0 N–H and O–H groups in total. The second-order valence-corrected chi connectivity index (χ2v) is 8.09. The number of rotatable bonds is 6. The molecule has 3 heterocycles. The number of aromatic nitrogens is 4. The highest BCUT2D eigenvalue weighted by Crippen LogP contribution is 2.29. The standard InChI is InChI=1S/C24H25FN6O/c1-18-4-6-19(7-5-18)23(24-26-27-28-31(24)17-22-3-2-16-32-22)30-14-12-29(13-15-30)21-10-8-20(25)9-11-21/h2-11,16,23H,12-15,17H2,1H3/t23-/m0/s1. The van der Waals surface area contributed by atoms with E-state index in [4.69, 9.17) is 4.42 Å². The van der Waals surface area contributed by atoms with E-state index in [0.717, 1.165) is 49.0 Å². The summed E-state index contributed by atoms with van der Waals surface area (Å²) in [4.78, 5) is 4.70. The number of tetrazole rings is 1. The molecule has 4 aromatic rings. The first-order chi connectivity index (χ1) is 15.7. The lowest BCUT2D eigenvalue weighted by Crippen LogP contribution is -2.48. The van der Waals surface area contributed by atoms with Gasteiger partial charge in [0.05, 0.1) is 12.3 Å². The molecule has 0 radical (unpaired) electrons. The van der Waals surface area contributed by atoms with Crippen LogP contribution in [0.5, 0.6) is 0 Å². The van der Waals surface area contributed by atoms with Gasteiger partial charge < -0.3 is 9.32 Å². The van der Waals surface area contributed by atoms with Gasteiger partial charge in [-0.3, -0.25) is 4.90 Å². The molecule has 5 rings (SSSR count). The Hall–Kier alpha value is -3.52. The molecule has 0 bridgehead atoms. The minimum absolute atomic E-state index is 0.0732. The maximum atomic E-state index is 13.3. The lowest BCUT2D eigenvalue weighted by Gasteiger charge is -2.40. The molecule has 7 nitrogen and oxygen atoms in total. The van der Waals surface area contributed by atoms with Crippen LogP contribution in [0.25, 0.3) is 0 Å². The number of anilines is 1. The van der Waals surface area contributed by atoms with Gasteiger partial charge >= 0.3 is 0 Å². The zero-order chi connectivity index (χ0) is 21.9. The van der Waals surface area contributed by atoms with E-state index in [-0.39, 0.29) is 11.9 Å². The van der Waals surface area contributed by atoms with E-state index in [0.29, 0.717) is 6.54 Å². The first-order valence-electron chi connectivity index (χ1n) is 10.8. The van der Waals surface area contributed by atoms with Crippen molar-refractivity contribution in [3.63, 3.8) is 0 Å². The largest absolute Gasteiger partial charge is 0.467 e. The van der Waals surface area contributed by atoms with Gasteiger partial charge in [0.1, 0.15) is 18.1 Å². The minimum Gasteiger partial charge on any atom is -0.467 e. The number of hydrogen-bond acceptors (Lipinski definition) is 6. The summed E-state index contributed by atoms with van der Waals surface area (Å²) in [6.45, 7) is 5.92. The highest BCUT2D eigenvalue weighted by atomic mass is 19.1. The second kappa shape index (κ2) is 8.92. The molecule has 0 spiro atoms. The summed E-state index contributed by atoms with van der Waals surface area (Å²) in [5, 5.41) is 12.6. The fraction of sp³-hybridized carbons (Fsp3) is 0.292. The third kappa shape index (κ3) is 4.27. The van der Waals surface area contributed by atoms with E-state index >= 15 is 0 Å². The Bertz CT molecular complexity index is 1130. The summed E-state index contributed by atoms with van der Waals surface area (Å²) in [6.07, 6.45) is 1.66. The Labute approximate surface area is 186 Å². The van der Waals surface area contributed by atoms with Crippen LogP contribution in [0.3, 0.4) is 0 Å². The zero-order valence-electron chi connectivity index (χ0n) is 17.9. The summed E-state index contributed by atoms with van der Waals surface area (Å²) >= 11 is 0. The van der Waals surface area contributed by atoms with Crippen LogP contribution in [0.15, 0.2) is 71.3 Å². The predicted molar refractivity (Wildman–Crippen MR) is 119 cm³/mol. The number of halogens is 1. The quantitative estimate of drug-likeness (QED) is 0.463. The molecule has 2 aromatic heterocycles. The molecule has 0 amide bonds. The predicted octanol–water partition coefficient (Wildman–Crippen LogP) is 3.67. The van der Waals surface area contributed by atoms with Gasteiger partial charge in [-0.05, 0) is 59.3 Å². The molecular formula is C24H25FN6O. The maximum Gasteiger partial charge on any atom is 0.173 e. The van der Waals surface area contributed by atoms with E-state index in [1.807, 2.05) is 28.9 Å². The summed E-state index contributed by atoms with van der Waals surface area (Å²) < 4.78 is 20.6. The molecule has 0 aliphatic carbocycles. The van der Waals surface area contributed by atoms with Gasteiger partial charge in [0, 0.05) is 31.9 Å². The number of hydrogen-bond donors (Lipinski definition) is 0. The fourth-order valence-corrected chi connectivity index (χ4v) is 4.23. The van der Waals surface area contributed by atoms with Crippen molar-refractivity contribution in [1.82, 2.24) is 25.1 Å². The van der Waals surface area contributed by atoms with Crippen LogP contribution in [0, 0.1) is 12.7 Å². The number of benzene rings is 2. The Morgan fingerprint density at radius 1 is 0.969 bits per heavy atom. The third-order valence-electron chi connectivity index (χ3n) is 5.95. The third-order valence-corrected chi connectivity index (χ3v) is 5.95. The summed E-state index contributed by atoms with van der Waals surface area (Å²) in [5.74, 6) is 1.39. The molecule has 1 fully saturated rings. The zero-order valence-corrected chi connectivity index (χ0v) is 17.9. The number of piperazine rings is 1.